The molecule has 0 saturated carbocycles. The Labute approximate surface area is 399 Å². The number of amides is 1. The molecule has 64 heavy (non-hydrogen) atoms. The molecule has 0 aromatic carbocycles. The van der Waals surface area contributed by atoms with Crippen molar-refractivity contribution in [3.05, 3.63) is 12.2 Å². The van der Waals surface area contributed by atoms with E-state index in [9.17, 15) is 19.4 Å². The van der Waals surface area contributed by atoms with Crippen molar-refractivity contribution in [1.82, 2.24) is 5.32 Å². The van der Waals surface area contributed by atoms with Gasteiger partial charge in [-0.2, -0.15) is 0 Å². The summed E-state index contributed by atoms with van der Waals surface area (Å²) in [5, 5.41) is 14.0. The lowest BCUT2D eigenvalue weighted by atomic mass is 10.0. The average molecular weight is 927 g/mol. The molecule has 382 valence electrons. The van der Waals surface area contributed by atoms with Gasteiger partial charge >= 0.3 is 0 Å². The third-order valence-electron chi connectivity index (χ3n) is 13.0. The van der Waals surface area contributed by atoms with Crippen LogP contribution in [0.1, 0.15) is 284 Å². The second-order valence-electron chi connectivity index (χ2n) is 20.6. The molecule has 0 radical (unpaired) electrons. The molecule has 0 rings (SSSR count). The standard InChI is InChI=1S/C55H111N2O6P/c1-6-8-10-12-14-16-18-20-21-22-23-24-25-26-27-28-29-30-31-32-33-34-35-36-37-39-41-43-45-47-49-55(59)56-53(52-63-64(60,61)62-51-50-57(3,4)5)54(58)48-46-44-42-40-38-19-17-15-13-11-9-7-2/h26-27,53-54,58H,6-25,28-52H2,1-5H3,(H-,56,59,60,61)/b27-26-. The monoisotopic (exact) mass is 927 g/mol. The Morgan fingerprint density at radius 2 is 0.859 bits per heavy atom. The van der Waals surface area contributed by atoms with Crippen LogP contribution < -0.4 is 10.2 Å². The molecular formula is C55H111N2O6P. The highest BCUT2D eigenvalue weighted by Gasteiger charge is 2.24. The summed E-state index contributed by atoms with van der Waals surface area (Å²) in [5.41, 5.74) is 0. The number of hydrogen-bond donors (Lipinski definition) is 2. The fourth-order valence-electron chi connectivity index (χ4n) is 8.57. The van der Waals surface area contributed by atoms with E-state index in [1.807, 2.05) is 21.1 Å². The highest BCUT2D eigenvalue weighted by Crippen LogP contribution is 2.38. The van der Waals surface area contributed by atoms with Gasteiger partial charge in [-0.15, -0.1) is 0 Å². The molecule has 0 aliphatic carbocycles. The average Bonchev–Trinajstić information content (AvgIpc) is 3.25. The van der Waals surface area contributed by atoms with Crippen LogP contribution in [0.2, 0.25) is 0 Å². The number of carbonyl (C=O) groups excluding carboxylic acids is 1. The summed E-state index contributed by atoms with van der Waals surface area (Å²) < 4.78 is 23.3. The molecule has 9 heteroatoms. The van der Waals surface area contributed by atoms with E-state index in [0.717, 1.165) is 38.5 Å². The number of likely N-dealkylation sites (N-methyl/N-ethyl adjacent to an activating group) is 1. The van der Waals surface area contributed by atoms with Crippen molar-refractivity contribution >= 4 is 13.7 Å². The van der Waals surface area contributed by atoms with Gasteiger partial charge in [0.1, 0.15) is 13.2 Å². The lowest BCUT2D eigenvalue weighted by molar-refractivity contribution is -0.870. The summed E-state index contributed by atoms with van der Waals surface area (Å²) in [5.74, 6) is -0.161. The van der Waals surface area contributed by atoms with Crippen molar-refractivity contribution in [3.63, 3.8) is 0 Å². The normalized spacial score (nSPS) is 14.0. The van der Waals surface area contributed by atoms with E-state index in [1.54, 1.807) is 0 Å². The summed E-state index contributed by atoms with van der Waals surface area (Å²) >= 11 is 0. The minimum atomic E-state index is -4.56. The van der Waals surface area contributed by atoms with Crippen LogP contribution in [0.3, 0.4) is 0 Å². The number of carbonyl (C=O) groups is 1. The molecule has 0 spiro atoms. The van der Waals surface area contributed by atoms with Gasteiger partial charge < -0.3 is 28.8 Å². The van der Waals surface area contributed by atoms with Gasteiger partial charge in [-0.1, -0.05) is 251 Å². The molecule has 0 aromatic heterocycles. The number of quaternary nitrogens is 1. The van der Waals surface area contributed by atoms with Crippen molar-refractivity contribution in [2.45, 2.75) is 296 Å². The molecule has 2 N–H and O–H groups in total. The van der Waals surface area contributed by atoms with Gasteiger partial charge in [0.05, 0.1) is 39.9 Å². The quantitative estimate of drug-likeness (QED) is 0.0272. The molecule has 3 atom stereocenters. The number of unbranched alkanes of at least 4 members (excludes halogenated alkanes) is 37. The molecule has 1 amide bonds. The SMILES string of the molecule is CCCCCCCCCCCCCC/C=C\CCCCCCCCCCCCCCCCC(=O)NC(COP(=O)([O-])OCC[N+](C)(C)C)C(O)CCCCCCCCCCCCCC. The fourth-order valence-corrected chi connectivity index (χ4v) is 9.29. The van der Waals surface area contributed by atoms with Crippen LogP contribution in [0.5, 0.6) is 0 Å². The van der Waals surface area contributed by atoms with Gasteiger partial charge in [0.15, 0.2) is 0 Å². The number of hydrogen-bond acceptors (Lipinski definition) is 6. The van der Waals surface area contributed by atoms with Crippen molar-refractivity contribution in [2.24, 2.45) is 0 Å². The van der Waals surface area contributed by atoms with E-state index in [4.69, 9.17) is 9.05 Å². The number of nitrogens with zero attached hydrogens (tertiary/aromatic N) is 1. The second-order valence-corrected chi connectivity index (χ2v) is 22.1. The van der Waals surface area contributed by atoms with Gasteiger partial charge in [0, 0.05) is 6.42 Å². The van der Waals surface area contributed by atoms with E-state index >= 15 is 0 Å². The van der Waals surface area contributed by atoms with Crippen LogP contribution in [0.25, 0.3) is 0 Å². The first-order valence-electron chi connectivity index (χ1n) is 28.0. The van der Waals surface area contributed by atoms with Gasteiger partial charge in [0.25, 0.3) is 7.82 Å². The molecule has 0 bridgehead atoms. The van der Waals surface area contributed by atoms with Crippen molar-refractivity contribution < 1.29 is 32.9 Å². The number of rotatable bonds is 52. The fraction of sp³-hybridized carbons (Fsp3) is 0.945. The van der Waals surface area contributed by atoms with Crippen molar-refractivity contribution in [1.29, 1.82) is 0 Å². The van der Waals surface area contributed by atoms with E-state index in [1.165, 1.54) is 218 Å². The predicted octanol–water partition coefficient (Wildman–Crippen LogP) is 16.0. The molecule has 0 aliphatic heterocycles. The number of allylic oxidation sites excluding steroid dienone is 2. The number of phosphoric ester groups is 1. The maximum absolute atomic E-state index is 12.9. The molecule has 0 aliphatic rings. The second kappa shape index (κ2) is 47.3. The Kier molecular flexibility index (Phi) is 46.8. The summed E-state index contributed by atoms with van der Waals surface area (Å²) in [6.07, 6.45) is 56.8. The van der Waals surface area contributed by atoms with Crippen molar-refractivity contribution in [3.8, 4) is 0 Å². The summed E-state index contributed by atoms with van der Waals surface area (Å²) in [4.78, 5) is 25.4. The van der Waals surface area contributed by atoms with E-state index in [0.29, 0.717) is 23.9 Å². The van der Waals surface area contributed by atoms with Crippen molar-refractivity contribution in [2.75, 3.05) is 40.9 Å². The maximum atomic E-state index is 12.9. The molecule has 0 fully saturated rings. The highest BCUT2D eigenvalue weighted by atomic mass is 31.2. The maximum Gasteiger partial charge on any atom is 0.268 e. The van der Waals surface area contributed by atoms with Gasteiger partial charge in [-0.3, -0.25) is 9.36 Å². The summed E-state index contributed by atoms with van der Waals surface area (Å²) in [6.45, 7) is 4.75. The number of aliphatic hydroxyl groups is 1. The zero-order valence-corrected chi connectivity index (χ0v) is 44.4. The molecule has 8 nitrogen and oxygen atoms in total. The minimum Gasteiger partial charge on any atom is -0.756 e. The zero-order valence-electron chi connectivity index (χ0n) is 43.5. The molecular weight excluding hydrogens is 816 g/mol. The molecule has 3 unspecified atom stereocenters. The van der Waals surface area contributed by atoms with E-state index in [2.05, 4.69) is 31.3 Å². The lowest BCUT2D eigenvalue weighted by Crippen LogP contribution is -2.46. The Balaban J connectivity index is 4.00. The first-order chi connectivity index (χ1) is 31.0. The van der Waals surface area contributed by atoms with Gasteiger partial charge in [-0.25, -0.2) is 0 Å². The summed E-state index contributed by atoms with van der Waals surface area (Å²) in [7, 11) is 1.32. The summed E-state index contributed by atoms with van der Waals surface area (Å²) in [6, 6.07) is -0.796. The minimum absolute atomic E-state index is 0.0147. The largest absolute Gasteiger partial charge is 0.756 e. The van der Waals surface area contributed by atoms with Gasteiger partial charge in [-0.05, 0) is 38.5 Å². The Hall–Kier alpha value is -0.760. The first-order valence-corrected chi connectivity index (χ1v) is 29.5. The third kappa shape index (κ3) is 49.2. The van der Waals surface area contributed by atoms with Crippen LogP contribution in [0.15, 0.2) is 12.2 Å². The van der Waals surface area contributed by atoms with Crippen LogP contribution in [-0.4, -0.2) is 68.5 Å². The van der Waals surface area contributed by atoms with Crippen LogP contribution in [0.4, 0.5) is 0 Å². The molecule has 0 heterocycles. The lowest BCUT2D eigenvalue weighted by Gasteiger charge is -2.30. The number of nitrogens with one attached hydrogen (secondary N) is 1. The zero-order chi connectivity index (χ0) is 47.1. The van der Waals surface area contributed by atoms with Gasteiger partial charge in [0.2, 0.25) is 5.91 Å². The predicted molar refractivity (Wildman–Crippen MR) is 275 cm³/mol. The Morgan fingerprint density at radius 3 is 1.22 bits per heavy atom. The topological polar surface area (TPSA) is 108 Å². The van der Waals surface area contributed by atoms with E-state index in [-0.39, 0.29) is 19.1 Å². The molecule has 0 aromatic rings. The number of phosphoric acid groups is 1. The van der Waals surface area contributed by atoms with Crippen LogP contribution in [-0.2, 0) is 18.4 Å². The third-order valence-corrected chi connectivity index (χ3v) is 14.0. The van der Waals surface area contributed by atoms with E-state index < -0.39 is 20.0 Å². The first kappa shape index (κ1) is 63.2. The Morgan fingerprint density at radius 1 is 0.531 bits per heavy atom. The van der Waals surface area contributed by atoms with Crippen LogP contribution in [0, 0.1) is 0 Å². The highest BCUT2D eigenvalue weighted by molar-refractivity contribution is 7.45. The Bertz CT molecular complexity index is 1050. The number of aliphatic hydroxyl groups excluding tert-OH is 1. The smallest absolute Gasteiger partial charge is 0.268 e. The molecule has 0 saturated heterocycles. The van der Waals surface area contributed by atoms with Crippen LogP contribution >= 0.6 is 7.82 Å².